The Labute approximate surface area is 144 Å². The molecule has 6 heteroatoms. The van der Waals surface area contributed by atoms with Gasteiger partial charge < -0.3 is 14.5 Å². The fourth-order valence-electron chi connectivity index (χ4n) is 2.35. The Balaban J connectivity index is 2.04. The lowest BCUT2D eigenvalue weighted by molar-refractivity contribution is -0.137. The van der Waals surface area contributed by atoms with Crippen molar-refractivity contribution in [2.24, 2.45) is 5.92 Å². The summed E-state index contributed by atoms with van der Waals surface area (Å²) in [6.45, 7) is 3.51. The van der Waals surface area contributed by atoms with E-state index in [0.717, 1.165) is 0 Å². The summed E-state index contributed by atoms with van der Waals surface area (Å²) in [6.07, 6.45) is 0. The lowest BCUT2D eigenvalue weighted by atomic mass is 10.1. The predicted molar refractivity (Wildman–Crippen MR) is 94.8 cm³/mol. The van der Waals surface area contributed by atoms with Crippen LogP contribution >= 0.6 is 0 Å². The Morgan fingerprint density at radius 2 is 1.88 bits per heavy atom. The molecule has 0 saturated carbocycles. The third-order valence-electron chi connectivity index (χ3n) is 3.73. The first-order valence-electron chi connectivity index (χ1n) is 7.88. The molecule has 3 rings (SSSR count). The van der Waals surface area contributed by atoms with E-state index >= 15 is 0 Å². The van der Waals surface area contributed by atoms with Crippen molar-refractivity contribution in [3.05, 3.63) is 52.8 Å². The summed E-state index contributed by atoms with van der Waals surface area (Å²) in [4.78, 5) is 31.3. The van der Waals surface area contributed by atoms with E-state index in [1.165, 1.54) is 7.11 Å². The second-order valence-corrected chi connectivity index (χ2v) is 5.87. The van der Waals surface area contributed by atoms with Crippen LogP contribution < -0.4 is 15.0 Å². The maximum atomic E-state index is 12.2. The summed E-state index contributed by atoms with van der Waals surface area (Å²) >= 11 is 0. The van der Waals surface area contributed by atoms with E-state index < -0.39 is 0 Å². The number of nitrogens with zero attached hydrogens (tertiary/aromatic N) is 1. The summed E-state index contributed by atoms with van der Waals surface area (Å²) < 4.78 is 10.6. The van der Waals surface area contributed by atoms with Crippen LogP contribution in [0, 0.1) is 5.92 Å². The van der Waals surface area contributed by atoms with Crippen LogP contribution in [0.4, 0.5) is 0 Å². The number of benzene rings is 2. The number of aromatic amines is 1. The van der Waals surface area contributed by atoms with Gasteiger partial charge in [0.25, 0.3) is 5.56 Å². The molecule has 128 valence electrons. The van der Waals surface area contributed by atoms with Crippen LogP contribution in [0.3, 0.4) is 0 Å². The molecule has 0 spiro atoms. The maximum absolute atomic E-state index is 12.2. The highest BCUT2D eigenvalue weighted by molar-refractivity contribution is 5.80. The van der Waals surface area contributed by atoms with E-state index in [0.29, 0.717) is 33.8 Å². The van der Waals surface area contributed by atoms with Gasteiger partial charge in [0.2, 0.25) is 0 Å². The lowest BCUT2D eigenvalue weighted by Gasteiger charge is -2.12. The Hall–Kier alpha value is -3.15. The number of carbonyl (C=O) groups is 1. The molecule has 6 nitrogen and oxygen atoms in total. The standard InChI is InChI=1S/C19H18N2O4/c1-11(2)19(23)25-15-9-8-12(10-16(15)24-3)17-20-14-7-5-4-6-13(14)18(22)21-17/h4-11H,1-3H3,(H,20,21,22). The number of carbonyl (C=O) groups excluding carboxylic acids is 1. The molecule has 0 bridgehead atoms. The first kappa shape index (κ1) is 16.7. The number of methoxy groups -OCH3 is 1. The Morgan fingerprint density at radius 1 is 1.12 bits per heavy atom. The zero-order valence-electron chi connectivity index (χ0n) is 14.2. The largest absolute Gasteiger partial charge is 0.493 e. The van der Waals surface area contributed by atoms with Crippen molar-refractivity contribution in [1.82, 2.24) is 9.97 Å². The number of nitrogens with one attached hydrogen (secondary N) is 1. The van der Waals surface area contributed by atoms with E-state index in [9.17, 15) is 9.59 Å². The molecule has 0 unspecified atom stereocenters. The topological polar surface area (TPSA) is 81.3 Å². The molecule has 0 aliphatic carbocycles. The van der Waals surface area contributed by atoms with Crippen molar-refractivity contribution in [1.29, 1.82) is 0 Å². The maximum Gasteiger partial charge on any atom is 0.313 e. The summed E-state index contributed by atoms with van der Waals surface area (Å²) in [5, 5.41) is 0.528. The van der Waals surface area contributed by atoms with Gasteiger partial charge in [-0.1, -0.05) is 26.0 Å². The van der Waals surface area contributed by atoms with Crippen LogP contribution in [0.15, 0.2) is 47.3 Å². The van der Waals surface area contributed by atoms with Crippen LogP contribution in [-0.4, -0.2) is 23.0 Å². The zero-order chi connectivity index (χ0) is 18.0. The third kappa shape index (κ3) is 3.38. The molecule has 2 aromatic carbocycles. The van der Waals surface area contributed by atoms with Gasteiger partial charge in [-0.3, -0.25) is 9.59 Å². The van der Waals surface area contributed by atoms with Crippen LogP contribution in [0.1, 0.15) is 13.8 Å². The van der Waals surface area contributed by atoms with Crippen molar-refractivity contribution in [2.45, 2.75) is 13.8 Å². The van der Waals surface area contributed by atoms with Gasteiger partial charge in [0, 0.05) is 5.56 Å². The molecule has 1 aromatic heterocycles. The first-order chi connectivity index (χ1) is 12.0. The number of fused-ring (bicyclic) bond motifs is 1. The average molecular weight is 338 g/mol. The smallest absolute Gasteiger partial charge is 0.313 e. The molecular weight excluding hydrogens is 320 g/mol. The van der Waals surface area contributed by atoms with Crippen molar-refractivity contribution >= 4 is 16.9 Å². The summed E-state index contributed by atoms with van der Waals surface area (Å²) in [6, 6.07) is 12.1. The first-order valence-corrected chi connectivity index (χ1v) is 7.88. The predicted octanol–water partition coefficient (Wildman–Crippen LogP) is 3.16. The highest BCUT2D eigenvalue weighted by Crippen LogP contribution is 2.32. The highest BCUT2D eigenvalue weighted by atomic mass is 16.6. The van der Waals surface area contributed by atoms with Crippen molar-refractivity contribution in [3.8, 4) is 22.9 Å². The molecule has 0 fully saturated rings. The third-order valence-corrected chi connectivity index (χ3v) is 3.73. The number of esters is 1. The number of hydrogen-bond donors (Lipinski definition) is 1. The van der Waals surface area contributed by atoms with Gasteiger partial charge in [-0.15, -0.1) is 0 Å². The summed E-state index contributed by atoms with van der Waals surface area (Å²) in [5.74, 6) is 0.547. The normalized spacial score (nSPS) is 10.9. The van der Waals surface area contributed by atoms with Gasteiger partial charge in [0.15, 0.2) is 11.5 Å². The lowest BCUT2D eigenvalue weighted by Crippen LogP contribution is -2.15. The number of aromatic nitrogens is 2. The molecular formula is C19H18N2O4. The van der Waals surface area contributed by atoms with E-state index in [1.807, 2.05) is 6.07 Å². The van der Waals surface area contributed by atoms with Gasteiger partial charge in [0.1, 0.15) is 5.82 Å². The van der Waals surface area contributed by atoms with Crippen LogP contribution in [0.5, 0.6) is 11.5 Å². The number of rotatable bonds is 4. The minimum Gasteiger partial charge on any atom is -0.493 e. The minimum atomic E-state index is -0.344. The molecule has 1 heterocycles. The van der Waals surface area contributed by atoms with E-state index in [-0.39, 0.29) is 17.4 Å². The molecule has 0 aliphatic heterocycles. The van der Waals surface area contributed by atoms with Gasteiger partial charge in [-0.25, -0.2) is 4.98 Å². The number of hydrogen-bond acceptors (Lipinski definition) is 5. The Kier molecular flexibility index (Phi) is 4.52. The fourth-order valence-corrected chi connectivity index (χ4v) is 2.35. The number of ether oxygens (including phenoxy) is 2. The molecule has 25 heavy (non-hydrogen) atoms. The summed E-state index contributed by atoms with van der Waals surface area (Å²) in [7, 11) is 1.49. The highest BCUT2D eigenvalue weighted by Gasteiger charge is 2.15. The van der Waals surface area contributed by atoms with Crippen LogP contribution in [0.25, 0.3) is 22.3 Å². The molecule has 3 aromatic rings. The van der Waals surface area contributed by atoms with Crippen LogP contribution in [-0.2, 0) is 4.79 Å². The fraction of sp³-hybridized carbons (Fsp3) is 0.211. The molecule has 0 aliphatic rings. The van der Waals surface area contributed by atoms with Crippen molar-refractivity contribution in [3.63, 3.8) is 0 Å². The quantitative estimate of drug-likeness (QED) is 0.584. The van der Waals surface area contributed by atoms with Crippen molar-refractivity contribution in [2.75, 3.05) is 7.11 Å². The molecule has 0 atom stereocenters. The van der Waals surface area contributed by atoms with Crippen molar-refractivity contribution < 1.29 is 14.3 Å². The second-order valence-electron chi connectivity index (χ2n) is 5.87. The van der Waals surface area contributed by atoms with Crippen LogP contribution in [0.2, 0.25) is 0 Å². The number of H-pyrrole nitrogens is 1. The summed E-state index contributed by atoms with van der Waals surface area (Å²) in [5.41, 5.74) is 1.05. The monoisotopic (exact) mass is 338 g/mol. The average Bonchev–Trinajstić information content (AvgIpc) is 2.61. The molecule has 0 saturated heterocycles. The zero-order valence-corrected chi connectivity index (χ0v) is 14.2. The Morgan fingerprint density at radius 3 is 2.60 bits per heavy atom. The van der Waals surface area contributed by atoms with E-state index in [4.69, 9.17) is 9.47 Å². The second kappa shape index (κ2) is 6.76. The molecule has 0 amide bonds. The van der Waals surface area contributed by atoms with Gasteiger partial charge >= 0.3 is 5.97 Å². The van der Waals surface area contributed by atoms with E-state index in [1.54, 1.807) is 50.2 Å². The van der Waals surface area contributed by atoms with Gasteiger partial charge in [-0.2, -0.15) is 0 Å². The minimum absolute atomic E-state index is 0.213. The van der Waals surface area contributed by atoms with Gasteiger partial charge in [0.05, 0.1) is 23.9 Å². The van der Waals surface area contributed by atoms with E-state index in [2.05, 4.69) is 9.97 Å². The van der Waals surface area contributed by atoms with Gasteiger partial charge in [-0.05, 0) is 30.3 Å². The Bertz CT molecular complexity index is 992. The SMILES string of the molecule is COc1cc(-c2nc3ccccc3c(=O)[nH]2)ccc1OC(=O)C(C)C. The molecule has 0 radical (unpaired) electrons. The number of para-hydroxylation sites is 1. The molecule has 1 N–H and O–H groups in total.